The van der Waals surface area contributed by atoms with Gasteiger partial charge in [-0.3, -0.25) is 9.59 Å². The first-order chi connectivity index (χ1) is 12.7. The van der Waals surface area contributed by atoms with Gasteiger partial charge in [-0.2, -0.15) is 0 Å². The zero-order valence-electron chi connectivity index (χ0n) is 14.6. The Kier molecular flexibility index (Phi) is 6.35. The molecule has 0 saturated heterocycles. The van der Waals surface area contributed by atoms with Crippen molar-refractivity contribution in [1.29, 1.82) is 0 Å². The van der Waals surface area contributed by atoms with E-state index in [1.807, 2.05) is 17.5 Å². The van der Waals surface area contributed by atoms with Crippen LogP contribution in [0.15, 0.2) is 35.7 Å². The fourth-order valence-corrected chi connectivity index (χ4v) is 4.11. The summed E-state index contributed by atoms with van der Waals surface area (Å²) in [7, 11) is 0. The number of carbonyl (C=O) groups excluding carboxylic acids is 2. The van der Waals surface area contributed by atoms with E-state index in [4.69, 9.17) is 0 Å². The number of amides is 2. The molecular formula is C19H21N3O2S2. The van der Waals surface area contributed by atoms with Crippen LogP contribution >= 0.6 is 22.7 Å². The van der Waals surface area contributed by atoms with Gasteiger partial charge < -0.3 is 10.6 Å². The van der Waals surface area contributed by atoms with Crippen molar-refractivity contribution in [3.8, 4) is 0 Å². The first-order valence-corrected chi connectivity index (χ1v) is 10.4. The number of thiazole rings is 1. The van der Waals surface area contributed by atoms with Gasteiger partial charge in [-0.1, -0.05) is 36.8 Å². The average molecular weight is 388 g/mol. The summed E-state index contributed by atoms with van der Waals surface area (Å²) in [4.78, 5) is 29.0. The Morgan fingerprint density at radius 1 is 1.23 bits per heavy atom. The minimum atomic E-state index is -0.151. The van der Waals surface area contributed by atoms with Gasteiger partial charge in [-0.15, -0.1) is 11.3 Å². The van der Waals surface area contributed by atoms with Crippen LogP contribution in [-0.4, -0.2) is 23.3 Å². The van der Waals surface area contributed by atoms with Crippen molar-refractivity contribution >= 4 is 49.8 Å². The fraction of sp³-hybridized carbons (Fsp3) is 0.316. The zero-order chi connectivity index (χ0) is 18.4. The Hall–Kier alpha value is -2.25. The molecule has 2 N–H and O–H groups in total. The van der Waals surface area contributed by atoms with Crippen molar-refractivity contribution < 1.29 is 9.59 Å². The van der Waals surface area contributed by atoms with Gasteiger partial charge in [0.05, 0.1) is 15.1 Å². The van der Waals surface area contributed by atoms with Gasteiger partial charge in [-0.25, -0.2) is 4.98 Å². The molecule has 0 aliphatic carbocycles. The monoisotopic (exact) mass is 387 g/mol. The van der Waals surface area contributed by atoms with E-state index >= 15 is 0 Å². The molecule has 2 heterocycles. The van der Waals surface area contributed by atoms with Crippen LogP contribution < -0.4 is 10.6 Å². The Labute approximate surface area is 160 Å². The average Bonchev–Trinajstić information content (AvgIpc) is 3.28. The van der Waals surface area contributed by atoms with Gasteiger partial charge in [0.2, 0.25) is 5.91 Å². The molecule has 3 aromatic rings. The Morgan fingerprint density at radius 2 is 2.12 bits per heavy atom. The molecule has 26 heavy (non-hydrogen) atoms. The van der Waals surface area contributed by atoms with Gasteiger partial charge in [0.1, 0.15) is 0 Å². The van der Waals surface area contributed by atoms with Crippen LogP contribution in [-0.2, 0) is 11.2 Å². The van der Waals surface area contributed by atoms with Crippen LogP contribution in [0.3, 0.4) is 0 Å². The van der Waals surface area contributed by atoms with Crippen LogP contribution in [0.4, 0.5) is 5.13 Å². The van der Waals surface area contributed by atoms with Crippen LogP contribution in [0.2, 0.25) is 0 Å². The highest BCUT2D eigenvalue weighted by atomic mass is 32.1. The lowest BCUT2D eigenvalue weighted by atomic mass is 10.1. The summed E-state index contributed by atoms with van der Waals surface area (Å²) in [6.45, 7) is 2.48. The molecule has 0 radical (unpaired) electrons. The molecule has 0 saturated carbocycles. The Morgan fingerprint density at radius 3 is 2.88 bits per heavy atom. The maximum Gasteiger partial charge on any atom is 0.261 e. The predicted molar refractivity (Wildman–Crippen MR) is 108 cm³/mol. The number of carbonyl (C=O) groups is 2. The number of anilines is 1. The second-order valence-corrected chi connectivity index (χ2v) is 7.93. The molecule has 5 nitrogen and oxygen atoms in total. The number of benzene rings is 1. The largest absolute Gasteiger partial charge is 0.351 e. The quantitative estimate of drug-likeness (QED) is 0.599. The van der Waals surface area contributed by atoms with Crippen LogP contribution in [0.5, 0.6) is 0 Å². The SMILES string of the molecule is CCCCc1ccc2nc(NC(=O)CCNC(=O)c3cccs3)sc2c1. The molecule has 2 aromatic heterocycles. The summed E-state index contributed by atoms with van der Waals surface area (Å²) < 4.78 is 1.08. The highest BCUT2D eigenvalue weighted by molar-refractivity contribution is 7.22. The molecule has 0 atom stereocenters. The molecule has 0 spiro atoms. The van der Waals surface area contributed by atoms with E-state index in [0.29, 0.717) is 16.6 Å². The summed E-state index contributed by atoms with van der Waals surface area (Å²) in [5.74, 6) is -0.297. The van der Waals surface area contributed by atoms with Crippen LogP contribution in [0.1, 0.15) is 41.4 Å². The zero-order valence-corrected chi connectivity index (χ0v) is 16.2. The van der Waals surface area contributed by atoms with E-state index in [2.05, 4.69) is 34.7 Å². The Balaban J connectivity index is 1.51. The second kappa shape index (κ2) is 8.91. The van der Waals surface area contributed by atoms with Crippen molar-refractivity contribution in [2.45, 2.75) is 32.6 Å². The van der Waals surface area contributed by atoms with E-state index < -0.39 is 0 Å². The molecule has 0 aliphatic rings. The molecule has 7 heteroatoms. The lowest BCUT2D eigenvalue weighted by Gasteiger charge is -2.03. The lowest BCUT2D eigenvalue weighted by Crippen LogP contribution is -2.27. The third-order valence-electron chi connectivity index (χ3n) is 3.90. The summed E-state index contributed by atoms with van der Waals surface area (Å²) in [6, 6.07) is 9.85. The van der Waals surface area contributed by atoms with Gasteiger partial charge >= 0.3 is 0 Å². The van der Waals surface area contributed by atoms with E-state index in [9.17, 15) is 9.59 Å². The third-order valence-corrected chi connectivity index (χ3v) is 5.70. The third kappa shape index (κ3) is 4.89. The number of aromatic nitrogens is 1. The van der Waals surface area contributed by atoms with Gasteiger partial charge in [0.15, 0.2) is 5.13 Å². The number of rotatable bonds is 8. The van der Waals surface area contributed by atoms with Crippen LogP contribution in [0, 0.1) is 0 Å². The number of hydrogen-bond donors (Lipinski definition) is 2. The lowest BCUT2D eigenvalue weighted by molar-refractivity contribution is -0.116. The second-order valence-electron chi connectivity index (χ2n) is 5.96. The number of thiophene rings is 1. The highest BCUT2D eigenvalue weighted by Crippen LogP contribution is 2.27. The van der Waals surface area contributed by atoms with Crippen molar-refractivity contribution in [3.05, 3.63) is 46.2 Å². The number of hydrogen-bond acceptors (Lipinski definition) is 5. The topological polar surface area (TPSA) is 71.1 Å². The van der Waals surface area contributed by atoms with E-state index in [0.717, 1.165) is 16.6 Å². The Bertz CT molecular complexity index is 887. The van der Waals surface area contributed by atoms with Crippen LogP contribution in [0.25, 0.3) is 10.2 Å². The molecule has 136 valence electrons. The summed E-state index contributed by atoms with van der Waals surface area (Å²) >= 11 is 2.86. The molecule has 1 aromatic carbocycles. The number of nitrogens with zero attached hydrogens (tertiary/aromatic N) is 1. The molecule has 0 unspecified atom stereocenters. The summed E-state index contributed by atoms with van der Waals surface area (Å²) in [5.41, 5.74) is 2.20. The maximum absolute atomic E-state index is 12.1. The predicted octanol–water partition coefficient (Wildman–Crippen LogP) is 4.46. The molecule has 0 fully saturated rings. The van der Waals surface area contributed by atoms with E-state index in [-0.39, 0.29) is 18.2 Å². The summed E-state index contributed by atoms with van der Waals surface area (Å²) in [5, 5.41) is 8.02. The molecule has 0 aliphatic heterocycles. The van der Waals surface area contributed by atoms with Crippen molar-refractivity contribution in [3.63, 3.8) is 0 Å². The van der Waals surface area contributed by atoms with Crippen molar-refractivity contribution in [1.82, 2.24) is 10.3 Å². The maximum atomic E-state index is 12.1. The van der Waals surface area contributed by atoms with Gasteiger partial charge in [-0.05, 0) is 42.0 Å². The number of aryl methyl sites for hydroxylation is 1. The fourth-order valence-electron chi connectivity index (χ4n) is 2.53. The van der Waals surface area contributed by atoms with Gasteiger partial charge in [0, 0.05) is 13.0 Å². The van der Waals surface area contributed by atoms with Gasteiger partial charge in [0.25, 0.3) is 5.91 Å². The molecule has 0 bridgehead atoms. The normalized spacial score (nSPS) is 10.8. The molecular weight excluding hydrogens is 366 g/mol. The smallest absolute Gasteiger partial charge is 0.261 e. The van der Waals surface area contributed by atoms with E-state index in [1.54, 1.807) is 6.07 Å². The first kappa shape index (κ1) is 18.5. The minimum Gasteiger partial charge on any atom is -0.351 e. The number of fused-ring (bicyclic) bond motifs is 1. The molecule has 3 rings (SSSR count). The standard InChI is InChI=1S/C19H21N3O2S2/c1-2-3-5-13-7-8-14-16(12-13)26-19(21-14)22-17(23)9-10-20-18(24)15-6-4-11-25-15/h4,6-8,11-12H,2-3,5,9-10H2,1H3,(H,20,24)(H,21,22,23). The molecule has 2 amide bonds. The highest BCUT2D eigenvalue weighted by Gasteiger charge is 2.10. The minimum absolute atomic E-state index is 0.146. The van der Waals surface area contributed by atoms with Crippen molar-refractivity contribution in [2.75, 3.05) is 11.9 Å². The number of nitrogens with one attached hydrogen (secondary N) is 2. The van der Waals surface area contributed by atoms with Crippen molar-refractivity contribution in [2.24, 2.45) is 0 Å². The number of unbranched alkanes of at least 4 members (excludes halogenated alkanes) is 1. The van der Waals surface area contributed by atoms with E-state index in [1.165, 1.54) is 41.1 Å². The first-order valence-electron chi connectivity index (χ1n) is 8.66. The summed E-state index contributed by atoms with van der Waals surface area (Å²) in [6.07, 6.45) is 3.63.